The van der Waals surface area contributed by atoms with Crippen molar-refractivity contribution < 1.29 is 14.0 Å². The fourth-order valence-electron chi connectivity index (χ4n) is 2.69. The molecule has 1 aliphatic heterocycles. The Kier molecular flexibility index (Phi) is 4.79. The van der Waals surface area contributed by atoms with Crippen LogP contribution in [0, 0.1) is 11.7 Å². The number of carbonyl (C=O) groups excluding carboxylic acids is 2. The van der Waals surface area contributed by atoms with Crippen LogP contribution in [-0.2, 0) is 16.0 Å². The summed E-state index contributed by atoms with van der Waals surface area (Å²) in [6.45, 7) is 0.776. The van der Waals surface area contributed by atoms with Crippen LogP contribution in [0.3, 0.4) is 0 Å². The number of nitrogens with zero attached hydrogens (tertiary/aromatic N) is 3. The second-order valence-corrected chi connectivity index (χ2v) is 5.67. The summed E-state index contributed by atoms with van der Waals surface area (Å²) in [6.07, 6.45) is 5.66. The quantitative estimate of drug-likeness (QED) is 0.898. The highest BCUT2D eigenvalue weighted by atomic mass is 19.1. The van der Waals surface area contributed by atoms with E-state index >= 15 is 0 Å². The monoisotopic (exact) mass is 328 g/mol. The van der Waals surface area contributed by atoms with Gasteiger partial charge in [0.05, 0.1) is 5.92 Å². The topological polar surface area (TPSA) is 75.2 Å². The van der Waals surface area contributed by atoms with Gasteiger partial charge in [0.2, 0.25) is 11.8 Å². The number of aromatic nitrogens is 2. The van der Waals surface area contributed by atoms with Crippen molar-refractivity contribution >= 4 is 17.5 Å². The zero-order valence-corrected chi connectivity index (χ0v) is 13.0. The van der Waals surface area contributed by atoms with Crippen molar-refractivity contribution in [3.05, 3.63) is 54.4 Å². The fourth-order valence-corrected chi connectivity index (χ4v) is 2.69. The van der Waals surface area contributed by atoms with Crippen molar-refractivity contribution in [1.29, 1.82) is 0 Å². The van der Waals surface area contributed by atoms with Gasteiger partial charge in [0.25, 0.3) is 0 Å². The predicted octanol–water partition coefficient (Wildman–Crippen LogP) is 1.33. The maximum absolute atomic E-state index is 13.0. The Labute approximate surface area is 138 Å². The third kappa shape index (κ3) is 3.73. The molecule has 1 N–H and O–H groups in total. The molecule has 7 heteroatoms. The van der Waals surface area contributed by atoms with Crippen molar-refractivity contribution in [1.82, 2.24) is 15.3 Å². The van der Waals surface area contributed by atoms with E-state index in [2.05, 4.69) is 15.3 Å². The minimum Gasteiger partial charge on any atom is -0.355 e. The summed E-state index contributed by atoms with van der Waals surface area (Å²) in [6, 6.07) is 5.70. The summed E-state index contributed by atoms with van der Waals surface area (Å²) in [7, 11) is 0. The summed E-state index contributed by atoms with van der Waals surface area (Å²) in [5, 5.41) is 2.84. The molecule has 0 radical (unpaired) electrons. The second-order valence-electron chi connectivity index (χ2n) is 5.67. The lowest BCUT2D eigenvalue weighted by molar-refractivity contribution is -0.126. The molecule has 124 valence electrons. The van der Waals surface area contributed by atoms with Crippen LogP contribution in [0.15, 0.2) is 43.0 Å². The third-order valence-corrected chi connectivity index (χ3v) is 3.96. The maximum atomic E-state index is 13.0. The number of hydrogen-bond donors (Lipinski definition) is 1. The molecule has 2 heterocycles. The lowest BCUT2D eigenvalue weighted by atomic mass is 10.1. The summed E-state index contributed by atoms with van der Waals surface area (Å²) in [4.78, 5) is 33.7. The highest BCUT2D eigenvalue weighted by Gasteiger charge is 2.34. The van der Waals surface area contributed by atoms with Gasteiger partial charge in [-0.2, -0.15) is 0 Å². The van der Waals surface area contributed by atoms with E-state index in [-0.39, 0.29) is 24.1 Å². The van der Waals surface area contributed by atoms with Gasteiger partial charge in [-0.05, 0) is 36.2 Å². The van der Waals surface area contributed by atoms with E-state index in [0.29, 0.717) is 25.2 Å². The van der Waals surface area contributed by atoms with Crippen LogP contribution in [0.4, 0.5) is 10.1 Å². The molecule has 3 rings (SSSR count). The molecular weight excluding hydrogens is 311 g/mol. The zero-order chi connectivity index (χ0) is 16.9. The van der Waals surface area contributed by atoms with Crippen molar-refractivity contribution in [2.75, 3.05) is 18.0 Å². The number of amides is 2. The van der Waals surface area contributed by atoms with Crippen LogP contribution >= 0.6 is 0 Å². The summed E-state index contributed by atoms with van der Waals surface area (Å²) in [5.41, 5.74) is 1.55. The number of hydrogen-bond acceptors (Lipinski definition) is 4. The number of anilines is 1. The lowest BCUT2D eigenvalue weighted by Crippen LogP contribution is -2.34. The van der Waals surface area contributed by atoms with E-state index < -0.39 is 5.92 Å². The van der Waals surface area contributed by atoms with Gasteiger partial charge in [0.1, 0.15) is 12.1 Å². The van der Waals surface area contributed by atoms with Crippen molar-refractivity contribution in [3.63, 3.8) is 0 Å². The van der Waals surface area contributed by atoms with Crippen LogP contribution < -0.4 is 10.2 Å². The third-order valence-electron chi connectivity index (χ3n) is 3.96. The standard InChI is InChI=1S/C17H17FN4O2/c18-14-1-3-15(4-2-14)22-10-13(7-16(22)23)17(24)21-6-5-12-8-19-11-20-9-12/h1-4,8-9,11,13H,5-7,10H2,(H,21,24)/t13-/m1/s1. The normalized spacial score (nSPS) is 17.1. The van der Waals surface area contributed by atoms with Gasteiger partial charge in [0, 0.05) is 37.6 Å². The van der Waals surface area contributed by atoms with Gasteiger partial charge in [-0.1, -0.05) is 0 Å². The molecule has 0 aliphatic carbocycles. The molecule has 0 bridgehead atoms. The molecule has 1 fully saturated rings. The number of halogens is 1. The highest BCUT2D eigenvalue weighted by Crippen LogP contribution is 2.25. The molecule has 0 saturated carbocycles. The first kappa shape index (κ1) is 16.0. The molecule has 2 amide bonds. The molecule has 0 spiro atoms. The van der Waals surface area contributed by atoms with Crippen molar-refractivity contribution in [2.45, 2.75) is 12.8 Å². The molecule has 1 atom stereocenters. The first-order valence-electron chi connectivity index (χ1n) is 7.71. The molecular formula is C17H17FN4O2. The molecule has 6 nitrogen and oxygen atoms in total. The molecule has 1 aliphatic rings. The van der Waals surface area contributed by atoms with E-state index in [1.54, 1.807) is 24.5 Å². The van der Waals surface area contributed by atoms with Crippen LogP contribution in [0.25, 0.3) is 0 Å². The first-order chi connectivity index (χ1) is 11.6. The summed E-state index contributed by atoms with van der Waals surface area (Å²) < 4.78 is 13.0. The Balaban J connectivity index is 1.53. The minimum atomic E-state index is -0.394. The van der Waals surface area contributed by atoms with Crippen molar-refractivity contribution in [2.24, 2.45) is 5.92 Å². The Morgan fingerprint density at radius 3 is 2.67 bits per heavy atom. The number of rotatable bonds is 5. The first-order valence-corrected chi connectivity index (χ1v) is 7.71. The molecule has 0 unspecified atom stereocenters. The zero-order valence-electron chi connectivity index (χ0n) is 13.0. The van der Waals surface area contributed by atoms with Crippen LogP contribution in [0.2, 0.25) is 0 Å². The van der Waals surface area contributed by atoms with Crippen molar-refractivity contribution in [3.8, 4) is 0 Å². The molecule has 24 heavy (non-hydrogen) atoms. The van der Waals surface area contributed by atoms with Gasteiger partial charge in [-0.3, -0.25) is 9.59 Å². The molecule has 1 aromatic heterocycles. The minimum absolute atomic E-state index is 0.127. The summed E-state index contributed by atoms with van der Waals surface area (Å²) >= 11 is 0. The number of benzene rings is 1. The molecule has 1 aromatic carbocycles. The van der Waals surface area contributed by atoms with E-state index in [1.165, 1.54) is 23.4 Å². The number of carbonyl (C=O) groups is 2. The van der Waals surface area contributed by atoms with Crippen LogP contribution in [0.5, 0.6) is 0 Å². The average molecular weight is 328 g/mol. The molecule has 1 saturated heterocycles. The Morgan fingerprint density at radius 2 is 1.96 bits per heavy atom. The van der Waals surface area contributed by atoms with Crippen LogP contribution in [0.1, 0.15) is 12.0 Å². The Hall–Kier alpha value is -2.83. The summed E-state index contributed by atoms with van der Waals surface area (Å²) in [5.74, 6) is -1.03. The van der Waals surface area contributed by atoms with Gasteiger partial charge in [0.15, 0.2) is 0 Å². The van der Waals surface area contributed by atoms with E-state index in [9.17, 15) is 14.0 Å². The van der Waals surface area contributed by atoms with Gasteiger partial charge >= 0.3 is 0 Å². The highest BCUT2D eigenvalue weighted by molar-refractivity contribution is 6.00. The Morgan fingerprint density at radius 1 is 1.25 bits per heavy atom. The SMILES string of the molecule is O=C(NCCc1cncnc1)[C@@H]1CC(=O)N(c2ccc(F)cc2)C1. The smallest absolute Gasteiger partial charge is 0.227 e. The predicted molar refractivity (Wildman–Crippen MR) is 85.6 cm³/mol. The Bertz CT molecular complexity index is 721. The fraction of sp³-hybridized carbons (Fsp3) is 0.294. The maximum Gasteiger partial charge on any atom is 0.227 e. The average Bonchev–Trinajstić information content (AvgIpc) is 2.98. The number of nitrogens with one attached hydrogen (secondary N) is 1. The second kappa shape index (κ2) is 7.16. The van der Waals surface area contributed by atoms with Gasteiger partial charge in [-0.25, -0.2) is 14.4 Å². The molecule has 2 aromatic rings. The van der Waals surface area contributed by atoms with Gasteiger partial charge < -0.3 is 10.2 Å². The van der Waals surface area contributed by atoms with E-state index in [1.807, 2.05) is 0 Å². The van der Waals surface area contributed by atoms with Gasteiger partial charge in [-0.15, -0.1) is 0 Å². The van der Waals surface area contributed by atoms with E-state index in [4.69, 9.17) is 0 Å². The lowest BCUT2D eigenvalue weighted by Gasteiger charge is -2.16. The van der Waals surface area contributed by atoms with Crippen LogP contribution in [-0.4, -0.2) is 34.9 Å². The largest absolute Gasteiger partial charge is 0.355 e. The van der Waals surface area contributed by atoms with E-state index in [0.717, 1.165) is 5.56 Å².